The number of piperidine rings is 1. The maximum atomic E-state index is 14.1. The van der Waals surface area contributed by atoms with Crippen molar-refractivity contribution >= 4 is 33.9 Å². The maximum Gasteiger partial charge on any atom is 0.274 e. The third-order valence-electron chi connectivity index (χ3n) is 8.25. The number of likely N-dealkylation sites (tertiary alicyclic amines) is 1. The standard InChI is InChI=1S/C30H31FN4O2S/c1-17-23-10-5-4-7-18(23)15-24(17)28(36)32-16-25-19-11-12-22(14-19)35(25)29(37)26-27(38-30(33-26)34(2)3)20-8-6-9-21(31)13-20/h4-10,13,19,22,25H,11-12,14-16H2,1-3H3,(H,32,36)/t19-,22+,25+/m0/s1. The predicted molar refractivity (Wildman–Crippen MR) is 149 cm³/mol. The van der Waals surface area contributed by atoms with E-state index >= 15 is 0 Å². The van der Waals surface area contributed by atoms with Crippen LogP contribution in [-0.2, 0) is 11.2 Å². The van der Waals surface area contributed by atoms with E-state index in [2.05, 4.69) is 17.4 Å². The minimum Gasteiger partial charge on any atom is -0.354 e. The summed E-state index contributed by atoms with van der Waals surface area (Å²) in [7, 11) is 3.77. The van der Waals surface area contributed by atoms with E-state index in [9.17, 15) is 14.0 Å². The van der Waals surface area contributed by atoms with Crippen molar-refractivity contribution in [3.05, 3.63) is 76.7 Å². The Labute approximate surface area is 226 Å². The van der Waals surface area contributed by atoms with Crippen LogP contribution in [-0.4, -0.2) is 54.4 Å². The summed E-state index contributed by atoms with van der Waals surface area (Å²) in [6, 6.07) is 14.5. The molecular formula is C30H31FN4O2S. The van der Waals surface area contributed by atoms with Gasteiger partial charge in [-0.2, -0.15) is 0 Å². The first kappa shape index (κ1) is 24.8. The van der Waals surface area contributed by atoms with Gasteiger partial charge in [-0.1, -0.05) is 47.7 Å². The second-order valence-corrected chi connectivity index (χ2v) is 11.7. The average Bonchev–Trinajstić information content (AvgIpc) is 3.69. The molecule has 3 aromatic rings. The monoisotopic (exact) mass is 530 g/mol. The predicted octanol–water partition coefficient (Wildman–Crippen LogP) is 5.15. The fourth-order valence-electron chi connectivity index (χ4n) is 6.35. The third-order valence-corrected chi connectivity index (χ3v) is 9.52. The van der Waals surface area contributed by atoms with Crippen molar-refractivity contribution in [2.75, 3.05) is 25.5 Å². The zero-order valence-electron chi connectivity index (χ0n) is 21.8. The van der Waals surface area contributed by atoms with E-state index in [0.717, 1.165) is 36.0 Å². The van der Waals surface area contributed by atoms with Crippen molar-refractivity contribution in [2.24, 2.45) is 5.92 Å². The van der Waals surface area contributed by atoms with Crippen LogP contribution in [0.25, 0.3) is 16.0 Å². The Hall–Kier alpha value is -3.52. The number of anilines is 1. The Morgan fingerprint density at radius 2 is 1.97 bits per heavy atom. The van der Waals surface area contributed by atoms with Gasteiger partial charge in [0.2, 0.25) is 5.91 Å². The Morgan fingerprint density at radius 1 is 1.16 bits per heavy atom. The van der Waals surface area contributed by atoms with Crippen LogP contribution in [0, 0.1) is 11.7 Å². The molecule has 2 heterocycles. The molecule has 0 radical (unpaired) electrons. The highest BCUT2D eigenvalue weighted by Gasteiger charge is 2.49. The van der Waals surface area contributed by atoms with Crippen molar-refractivity contribution in [1.82, 2.24) is 15.2 Å². The summed E-state index contributed by atoms with van der Waals surface area (Å²) < 4.78 is 14.1. The first-order valence-corrected chi connectivity index (χ1v) is 14.0. The fraction of sp³-hybridized carbons (Fsp3) is 0.367. The quantitative estimate of drug-likeness (QED) is 0.479. The average molecular weight is 531 g/mol. The number of aromatic nitrogens is 1. The van der Waals surface area contributed by atoms with E-state index in [4.69, 9.17) is 4.98 Å². The molecular weight excluding hydrogens is 499 g/mol. The first-order valence-electron chi connectivity index (χ1n) is 13.1. The molecule has 2 bridgehead atoms. The highest BCUT2D eigenvalue weighted by Crippen LogP contribution is 2.44. The molecule has 1 saturated heterocycles. The highest BCUT2D eigenvalue weighted by atomic mass is 32.1. The summed E-state index contributed by atoms with van der Waals surface area (Å²) in [6.45, 7) is 2.42. The minimum absolute atomic E-state index is 0.0575. The number of amides is 2. The van der Waals surface area contributed by atoms with Gasteiger partial charge in [0, 0.05) is 38.7 Å². The number of halogens is 1. The van der Waals surface area contributed by atoms with Crippen molar-refractivity contribution in [3.63, 3.8) is 0 Å². The van der Waals surface area contributed by atoms with E-state index in [1.807, 2.05) is 49.0 Å². The number of nitrogens with zero attached hydrogens (tertiary/aromatic N) is 3. The van der Waals surface area contributed by atoms with Crippen LogP contribution in [0.5, 0.6) is 0 Å². The SMILES string of the molecule is CC1=C(C(=O)NC[C@@H]2[C@H]3CC[C@H](C3)N2C(=O)c2nc(N(C)C)sc2-c2cccc(F)c2)Cc2ccccc21. The van der Waals surface area contributed by atoms with Gasteiger partial charge in [-0.25, -0.2) is 9.37 Å². The Kier molecular flexibility index (Phi) is 6.30. The molecule has 2 amide bonds. The van der Waals surface area contributed by atoms with Crippen LogP contribution in [0.3, 0.4) is 0 Å². The van der Waals surface area contributed by atoms with Crippen molar-refractivity contribution in [1.29, 1.82) is 0 Å². The fourth-order valence-corrected chi connectivity index (χ4v) is 7.32. The van der Waals surface area contributed by atoms with E-state index in [0.29, 0.717) is 40.1 Å². The van der Waals surface area contributed by atoms with Crippen LogP contribution in [0.4, 0.5) is 9.52 Å². The lowest BCUT2D eigenvalue weighted by molar-refractivity contribution is -0.117. The largest absolute Gasteiger partial charge is 0.354 e. The molecule has 8 heteroatoms. The Bertz CT molecular complexity index is 1460. The summed E-state index contributed by atoms with van der Waals surface area (Å²) in [5, 5.41) is 3.86. The van der Waals surface area contributed by atoms with Gasteiger partial charge in [0.15, 0.2) is 5.13 Å². The number of rotatable bonds is 6. The number of allylic oxidation sites excluding steroid dienone is 1. The molecule has 1 N–H and O–H groups in total. The maximum absolute atomic E-state index is 14.1. The molecule has 1 saturated carbocycles. The number of hydrogen-bond donors (Lipinski definition) is 1. The highest BCUT2D eigenvalue weighted by molar-refractivity contribution is 7.19. The zero-order valence-corrected chi connectivity index (χ0v) is 22.6. The molecule has 196 valence electrons. The van der Waals surface area contributed by atoms with Crippen LogP contribution in [0.2, 0.25) is 0 Å². The second kappa shape index (κ2) is 9.66. The summed E-state index contributed by atoms with van der Waals surface area (Å²) in [5.41, 5.74) is 5.15. The summed E-state index contributed by atoms with van der Waals surface area (Å²) in [5.74, 6) is -0.188. The van der Waals surface area contributed by atoms with Gasteiger partial charge in [-0.05, 0) is 66.5 Å². The molecule has 0 unspecified atom stereocenters. The molecule has 0 spiro atoms. The molecule has 1 aliphatic heterocycles. The lowest BCUT2D eigenvalue weighted by atomic mass is 9.97. The topological polar surface area (TPSA) is 65.5 Å². The number of carbonyl (C=O) groups is 2. The lowest BCUT2D eigenvalue weighted by Crippen LogP contribution is -2.50. The van der Waals surface area contributed by atoms with Gasteiger partial charge >= 0.3 is 0 Å². The molecule has 38 heavy (non-hydrogen) atoms. The van der Waals surface area contributed by atoms with E-state index in [1.165, 1.54) is 29.0 Å². The van der Waals surface area contributed by atoms with Gasteiger partial charge < -0.3 is 15.1 Å². The molecule has 1 aromatic heterocycles. The Morgan fingerprint density at radius 3 is 2.74 bits per heavy atom. The molecule has 6 nitrogen and oxygen atoms in total. The van der Waals surface area contributed by atoms with E-state index < -0.39 is 0 Å². The number of hydrogen-bond acceptors (Lipinski definition) is 5. The van der Waals surface area contributed by atoms with Crippen LogP contribution in [0.15, 0.2) is 54.1 Å². The zero-order chi connectivity index (χ0) is 26.6. The summed E-state index contributed by atoms with van der Waals surface area (Å²) >= 11 is 1.39. The lowest BCUT2D eigenvalue weighted by Gasteiger charge is -2.35. The second-order valence-electron chi connectivity index (χ2n) is 10.7. The van der Waals surface area contributed by atoms with Crippen LogP contribution >= 0.6 is 11.3 Å². The first-order chi connectivity index (χ1) is 18.3. The number of fused-ring (bicyclic) bond motifs is 3. The molecule has 3 atom stereocenters. The van der Waals surface area contributed by atoms with Crippen molar-refractivity contribution in [3.8, 4) is 10.4 Å². The van der Waals surface area contributed by atoms with Crippen molar-refractivity contribution < 1.29 is 14.0 Å². The minimum atomic E-state index is -0.347. The summed E-state index contributed by atoms with van der Waals surface area (Å²) in [6.07, 6.45) is 3.59. The van der Waals surface area contributed by atoms with Gasteiger partial charge in [0.05, 0.1) is 10.9 Å². The smallest absolute Gasteiger partial charge is 0.274 e. The Balaban J connectivity index is 1.25. The van der Waals surface area contributed by atoms with Crippen LogP contribution < -0.4 is 10.2 Å². The molecule has 2 aliphatic carbocycles. The van der Waals surface area contributed by atoms with Gasteiger partial charge in [0.1, 0.15) is 11.5 Å². The molecule has 2 aromatic carbocycles. The molecule has 2 fully saturated rings. The van der Waals surface area contributed by atoms with E-state index in [-0.39, 0.29) is 29.7 Å². The normalized spacial score (nSPS) is 21.7. The van der Waals surface area contributed by atoms with Gasteiger partial charge in [0.25, 0.3) is 5.91 Å². The van der Waals surface area contributed by atoms with E-state index in [1.54, 1.807) is 6.07 Å². The third kappa shape index (κ3) is 4.21. The van der Waals surface area contributed by atoms with Gasteiger partial charge in [-0.15, -0.1) is 0 Å². The number of benzene rings is 2. The van der Waals surface area contributed by atoms with Gasteiger partial charge in [-0.3, -0.25) is 9.59 Å². The number of carbonyl (C=O) groups excluding carboxylic acids is 2. The molecule has 3 aliphatic rings. The van der Waals surface area contributed by atoms with Crippen molar-refractivity contribution in [2.45, 2.75) is 44.7 Å². The number of thiazole rings is 1. The molecule has 6 rings (SSSR count). The summed E-state index contributed by atoms with van der Waals surface area (Å²) in [4.78, 5) is 36.6. The van der Waals surface area contributed by atoms with Crippen LogP contribution in [0.1, 0.15) is 47.8 Å². The number of nitrogens with one attached hydrogen (secondary N) is 1.